The average molecular weight is 388 g/mol. The van der Waals surface area contributed by atoms with E-state index in [1.165, 1.54) is 12.1 Å². The number of nitrogens with zero attached hydrogens (tertiary/aromatic N) is 2. The van der Waals surface area contributed by atoms with E-state index < -0.39 is 6.23 Å². The molecule has 0 amide bonds. The molecule has 0 spiro atoms. The Bertz CT molecular complexity index is 1050. The second-order valence-electron chi connectivity index (χ2n) is 7.16. The zero-order valence-electron chi connectivity index (χ0n) is 16.1. The maximum atomic E-state index is 13.4. The van der Waals surface area contributed by atoms with Gasteiger partial charge in [0.25, 0.3) is 0 Å². The van der Waals surface area contributed by atoms with E-state index in [-0.39, 0.29) is 11.9 Å². The molecule has 4 nitrogen and oxygen atoms in total. The number of hydrazone groups is 1. The number of rotatable bonds is 4. The van der Waals surface area contributed by atoms with Gasteiger partial charge in [0.15, 0.2) is 0 Å². The van der Waals surface area contributed by atoms with Crippen LogP contribution in [0.1, 0.15) is 42.3 Å². The van der Waals surface area contributed by atoms with Crippen LogP contribution in [0.2, 0.25) is 0 Å². The van der Waals surface area contributed by atoms with E-state index in [0.29, 0.717) is 6.61 Å². The second kappa shape index (κ2) is 7.24. The molecule has 146 valence electrons. The Morgan fingerprint density at radius 3 is 2.55 bits per heavy atom. The quantitative estimate of drug-likeness (QED) is 0.595. The first-order valence-corrected chi connectivity index (χ1v) is 9.83. The highest BCUT2D eigenvalue weighted by Crippen LogP contribution is 2.47. The number of halogens is 1. The molecule has 2 heterocycles. The summed E-state index contributed by atoms with van der Waals surface area (Å²) in [5.74, 6) is 1.44. The lowest BCUT2D eigenvalue weighted by Gasteiger charge is -2.38. The molecule has 29 heavy (non-hydrogen) atoms. The highest BCUT2D eigenvalue weighted by Gasteiger charge is 2.40. The number of hydrogen-bond donors (Lipinski definition) is 0. The van der Waals surface area contributed by atoms with Crippen molar-refractivity contribution in [3.8, 4) is 11.5 Å². The minimum atomic E-state index is -0.393. The third kappa shape index (κ3) is 3.23. The Hall–Kier alpha value is -3.34. The largest absolute Gasteiger partial charge is 0.494 e. The summed E-state index contributed by atoms with van der Waals surface area (Å²) in [5.41, 5.74) is 4.07. The van der Waals surface area contributed by atoms with Crippen molar-refractivity contribution in [2.75, 3.05) is 6.61 Å². The summed E-state index contributed by atoms with van der Waals surface area (Å²) < 4.78 is 25.3. The summed E-state index contributed by atoms with van der Waals surface area (Å²) in [6.45, 7) is 2.61. The lowest BCUT2D eigenvalue weighted by atomic mass is 9.96. The Labute approximate surface area is 169 Å². The number of ether oxygens (including phenoxy) is 2. The molecular formula is C24H21FN2O2. The van der Waals surface area contributed by atoms with Gasteiger partial charge in [0.05, 0.1) is 18.4 Å². The Balaban J connectivity index is 1.52. The first-order valence-electron chi connectivity index (χ1n) is 9.83. The van der Waals surface area contributed by atoms with Crippen LogP contribution in [0.3, 0.4) is 0 Å². The Morgan fingerprint density at radius 2 is 1.79 bits per heavy atom. The summed E-state index contributed by atoms with van der Waals surface area (Å²) in [6, 6.07) is 22.6. The number of benzene rings is 3. The predicted octanol–water partition coefficient (Wildman–Crippen LogP) is 5.47. The second-order valence-corrected chi connectivity index (χ2v) is 7.16. The van der Waals surface area contributed by atoms with Crippen molar-refractivity contribution in [3.05, 3.63) is 95.3 Å². The molecule has 2 unspecified atom stereocenters. The first-order chi connectivity index (χ1) is 14.2. The van der Waals surface area contributed by atoms with E-state index in [1.807, 2.05) is 54.4 Å². The van der Waals surface area contributed by atoms with Crippen molar-refractivity contribution in [3.63, 3.8) is 0 Å². The van der Waals surface area contributed by atoms with Crippen molar-refractivity contribution in [2.45, 2.75) is 25.6 Å². The van der Waals surface area contributed by atoms with Crippen LogP contribution in [0, 0.1) is 5.82 Å². The minimum Gasteiger partial charge on any atom is -0.494 e. The van der Waals surface area contributed by atoms with E-state index in [4.69, 9.17) is 14.6 Å². The number of para-hydroxylation sites is 1. The molecule has 0 aromatic heterocycles. The van der Waals surface area contributed by atoms with Crippen molar-refractivity contribution in [1.82, 2.24) is 5.01 Å². The first kappa shape index (κ1) is 17.7. The third-order valence-corrected chi connectivity index (χ3v) is 5.35. The van der Waals surface area contributed by atoms with Crippen LogP contribution in [-0.4, -0.2) is 17.3 Å². The van der Waals surface area contributed by atoms with Crippen LogP contribution >= 0.6 is 0 Å². The molecule has 0 radical (unpaired) electrons. The normalized spacial score (nSPS) is 19.8. The molecule has 5 rings (SSSR count). The molecule has 0 fully saturated rings. The van der Waals surface area contributed by atoms with Crippen LogP contribution in [0.15, 0.2) is 77.9 Å². The smallest absolute Gasteiger partial charge is 0.213 e. The zero-order chi connectivity index (χ0) is 19.8. The van der Waals surface area contributed by atoms with Crippen LogP contribution < -0.4 is 9.47 Å². The van der Waals surface area contributed by atoms with Gasteiger partial charge in [-0.15, -0.1) is 0 Å². The van der Waals surface area contributed by atoms with Crippen molar-refractivity contribution < 1.29 is 13.9 Å². The zero-order valence-corrected chi connectivity index (χ0v) is 16.1. The lowest BCUT2D eigenvalue weighted by Crippen LogP contribution is -2.33. The van der Waals surface area contributed by atoms with Gasteiger partial charge in [-0.3, -0.25) is 0 Å². The van der Waals surface area contributed by atoms with Gasteiger partial charge < -0.3 is 9.47 Å². The summed E-state index contributed by atoms with van der Waals surface area (Å²) >= 11 is 0. The van der Waals surface area contributed by atoms with Crippen LogP contribution in [0.4, 0.5) is 4.39 Å². The average Bonchev–Trinajstić information content (AvgIpc) is 3.20. The molecular weight excluding hydrogens is 367 g/mol. The Kier molecular flexibility index (Phi) is 4.43. The fraction of sp³-hybridized carbons (Fsp3) is 0.208. The molecule has 2 atom stereocenters. The molecule has 0 bridgehead atoms. The maximum Gasteiger partial charge on any atom is 0.213 e. The topological polar surface area (TPSA) is 34.1 Å². The minimum absolute atomic E-state index is 0.0802. The van der Waals surface area contributed by atoms with Gasteiger partial charge in [-0.2, -0.15) is 5.10 Å². The van der Waals surface area contributed by atoms with E-state index in [1.54, 1.807) is 12.1 Å². The monoisotopic (exact) mass is 388 g/mol. The molecule has 0 aliphatic carbocycles. The molecule has 0 saturated heterocycles. The fourth-order valence-electron chi connectivity index (χ4n) is 3.97. The molecule has 2 aliphatic rings. The number of hydrogen-bond acceptors (Lipinski definition) is 4. The summed E-state index contributed by atoms with van der Waals surface area (Å²) in [7, 11) is 0. The van der Waals surface area contributed by atoms with Crippen LogP contribution in [0.5, 0.6) is 11.5 Å². The van der Waals surface area contributed by atoms with Gasteiger partial charge in [-0.1, -0.05) is 30.3 Å². The van der Waals surface area contributed by atoms with Gasteiger partial charge in [0.1, 0.15) is 17.3 Å². The van der Waals surface area contributed by atoms with Crippen LogP contribution in [0.25, 0.3) is 0 Å². The van der Waals surface area contributed by atoms with E-state index >= 15 is 0 Å². The number of fused-ring (bicyclic) bond motifs is 3. The maximum absolute atomic E-state index is 13.4. The van der Waals surface area contributed by atoms with Crippen molar-refractivity contribution >= 4 is 5.71 Å². The lowest BCUT2D eigenvalue weighted by molar-refractivity contribution is -0.0190. The van der Waals surface area contributed by atoms with E-state index in [0.717, 1.165) is 40.3 Å². The molecule has 5 heteroatoms. The van der Waals surface area contributed by atoms with E-state index in [2.05, 4.69) is 6.07 Å². The van der Waals surface area contributed by atoms with Gasteiger partial charge in [-0.05, 0) is 55.0 Å². The predicted molar refractivity (Wildman–Crippen MR) is 110 cm³/mol. The molecule has 0 saturated carbocycles. The van der Waals surface area contributed by atoms with Gasteiger partial charge in [0, 0.05) is 17.5 Å². The highest BCUT2D eigenvalue weighted by molar-refractivity contribution is 6.02. The summed E-state index contributed by atoms with van der Waals surface area (Å²) in [6.07, 6.45) is 0.391. The highest BCUT2D eigenvalue weighted by atomic mass is 19.1. The van der Waals surface area contributed by atoms with E-state index in [9.17, 15) is 4.39 Å². The third-order valence-electron chi connectivity index (χ3n) is 5.35. The fourth-order valence-corrected chi connectivity index (χ4v) is 3.97. The van der Waals surface area contributed by atoms with Crippen LogP contribution in [-0.2, 0) is 0 Å². The van der Waals surface area contributed by atoms with Gasteiger partial charge in [0.2, 0.25) is 6.23 Å². The SMILES string of the molecule is CCOc1ccc(C2=NN3C(C2)c2ccccc2OC3c2ccc(F)cc2)cc1. The molecule has 0 N–H and O–H groups in total. The summed E-state index contributed by atoms with van der Waals surface area (Å²) in [5, 5.41) is 6.93. The standard InChI is InChI=1S/C24H21FN2O2/c1-2-28-19-13-9-16(10-14-19)21-15-22-20-5-3-4-6-23(20)29-24(27(22)26-21)17-7-11-18(25)12-8-17/h3-14,22,24H,2,15H2,1H3. The van der Waals surface area contributed by atoms with Gasteiger partial charge in [-0.25, -0.2) is 9.40 Å². The Morgan fingerprint density at radius 1 is 1.03 bits per heavy atom. The van der Waals surface area contributed by atoms with Gasteiger partial charge >= 0.3 is 0 Å². The van der Waals surface area contributed by atoms with Crippen molar-refractivity contribution in [2.24, 2.45) is 5.10 Å². The summed E-state index contributed by atoms with van der Waals surface area (Å²) in [4.78, 5) is 0. The molecule has 3 aromatic carbocycles. The molecule has 3 aromatic rings. The molecule has 2 aliphatic heterocycles. The van der Waals surface area contributed by atoms with Crippen molar-refractivity contribution in [1.29, 1.82) is 0 Å².